The van der Waals surface area contributed by atoms with Gasteiger partial charge in [0.05, 0.1) is 12.4 Å². The van der Waals surface area contributed by atoms with Crippen molar-refractivity contribution >= 4 is 11.9 Å². The molecule has 0 spiro atoms. The molecule has 1 aromatic heterocycles. The van der Waals surface area contributed by atoms with E-state index in [1.807, 2.05) is 6.92 Å². The molecule has 1 aromatic rings. The van der Waals surface area contributed by atoms with E-state index in [0.29, 0.717) is 6.42 Å². The first kappa shape index (κ1) is 11.4. The van der Waals surface area contributed by atoms with E-state index in [-0.39, 0.29) is 5.95 Å². The number of halogens is 1. The molecule has 5 nitrogen and oxygen atoms in total. The summed E-state index contributed by atoms with van der Waals surface area (Å²) in [5.41, 5.74) is 0. The molecule has 2 N–H and O–H groups in total. The zero-order valence-electron chi connectivity index (χ0n) is 8.27. The topological polar surface area (TPSA) is 75.1 Å². The van der Waals surface area contributed by atoms with Crippen LogP contribution in [0.4, 0.5) is 10.3 Å². The fraction of sp³-hybridized carbons (Fsp3) is 0.444. The number of aromatic nitrogens is 2. The van der Waals surface area contributed by atoms with Gasteiger partial charge in [-0.25, -0.2) is 19.2 Å². The summed E-state index contributed by atoms with van der Waals surface area (Å²) in [7, 11) is 0. The fourth-order valence-electron chi connectivity index (χ4n) is 1.09. The van der Waals surface area contributed by atoms with Gasteiger partial charge in [-0.1, -0.05) is 13.3 Å². The van der Waals surface area contributed by atoms with Crippen LogP contribution in [0.5, 0.6) is 0 Å². The average molecular weight is 213 g/mol. The average Bonchev–Trinajstić information content (AvgIpc) is 2.20. The molecule has 0 saturated carbocycles. The third-order valence-electron chi connectivity index (χ3n) is 1.80. The van der Waals surface area contributed by atoms with Crippen LogP contribution < -0.4 is 5.32 Å². The first-order valence-corrected chi connectivity index (χ1v) is 4.60. The van der Waals surface area contributed by atoms with Gasteiger partial charge in [-0.2, -0.15) is 0 Å². The highest BCUT2D eigenvalue weighted by Gasteiger charge is 2.16. The molecule has 0 aliphatic carbocycles. The molecular weight excluding hydrogens is 201 g/mol. The summed E-state index contributed by atoms with van der Waals surface area (Å²) in [6.45, 7) is 1.88. The van der Waals surface area contributed by atoms with Gasteiger partial charge in [0.1, 0.15) is 6.04 Å². The van der Waals surface area contributed by atoms with Crippen molar-refractivity contribution in [3.8, 4) is 0 Å². The highest BCUT2D eigenvalue weighted by atomic mass is 19.1. The lowest BCUT2D eigenvalue weighted by molar-refractivity contribution is -0.138. The summed E-state index contributed by atoms with van der Waals surface area (Å²) in [6, 6.07) is -0.736. The Balaban J connectivity index is 2.65. The predicted octanol–water partition coefficient (Wildman–Crippen LogP) is 1.28. The van der Waals surface area contributed by atoms with E-state index in [4.69, 9.17) is 5.11 Å². The maximum absolute atomic E-state index is 12.5. The minimum absolute atomic E-state index is 0.122. The molecule has 6 heteroatoms. The zero-order valence-corrected chi connectivity index (χ0v) is 8.27. The maximum Gasteiger partial charge on any atom is 0.326 e. The van der Waals surface area contributed by atoms with E-state index < -0.39 is 17.8 Å². The van der Waals surface area contributed by atoms with E-state index in [1.54, 1.807) is 0 Å². The van der Waals surface area contributed by atoms with Crippen LogP contribution in [0, 0.1) is 5.82 Å². The second-order valence-electron chi connectivity index (χ2n) is 3.05. The molecule has 1 unspecified atom stereocenters. The lowest BCUT2D eigenvalue weighted by atomic mass is 10.2. The number of carboxylic acids is 1. The van der Waals surface area contributed by atoms with E-state index >= 15 is 0 Å². The number of hydrogen-bond donors (Lipinski definition) is 2. The van der Waals surface area contributed by atoms with Gasteiger partial charge < -0.3 is 10.4 Å². The Hall–Kier alpha value is -1.72. The number of hydrogen-bond acceptors (Lipinski definition) is 4. The van der Waals surface area contributed by atoms with Gasteiger partial charge in [-0.15, -0.1) is 0 Å². The van der Waals surface area contributed by atoms with Crippen molar-refractivity contribution in [1.82, 2.24) is 9.97 Å². The number of carbonyl (C=O) groups is 1. The first-order valence-electron chi connectivity index (χ1n) is 4.60. The number of nitrogens with zero attached hydrogens (tertiary/aromatic N) is 2. The number of rotatable bonds is 5. The van der Waals surface area contributed by atoms with Crippen LogP contribution in [0.3, 0.4) is 0 Å². The molecule has 0 fully saturated rings. The Morgan fingerprint density at radius 3 is 2.67 bits per heavy atom. The SMILES string of the molecule is CCCC(Nc1ncc(F)cn1)C(=O)O. The van der Waals surface area contributed by atoms with Crippen LogP contribution in [0.15, 0.2) is 12.4 Å². The van der Waals surface area contributed by atoms with Gasteiger partial charge in [0.25, 0.3) is 0 Å². The Morgan fingerprint density at radius 2 is 2.20 bits per heavy atom. The summed E-state index contributed by atoms with van der Waals surface area (Å²) in [6.07, 6.45) is 3.17. The monoisotopic (exact) mass is 213 g/mol. The maximum atomic E-state index is 12.5. The number of anilines is 1. The standard InChI is InChI=1S/C9H12FN3O2/c1-2-3-7(8(14)15)13-9-11-4-6(10)5-12-9/h4-5,7H,2-3H2,1H3,(H,14,15)(H,11,12,13). The van der Waals surface area contributed by atoms with E-state index in [9.17, 15) is 9.18 Å². The lowest BCUT2D eigenvalue weighted by Gasteiger charge is -2.12. The minimum Gasteiger partial charge on any atom is -0.480 e. The van der Waals surface area contributed by atoms with Crippen LogP contribution in [-0.2, 0) is 4.79 Å². The Bertz CT molecular complexity index is 329. The molecule has 15 heavy (non-hydrogen) atoms. The van der Waals surface area contributed by atoms with Crippen LogP contribution in [0.1, 0.15) is 19.8 Å². The van der Waals surface area contributed by atoms with Crippen molar-refractivity contribution in [2.24, 2.45) is 0 Å². The van der Waals surface area contributed by atoms with Crippen molar-refractivity contribution in [2.75, 3.05) is 5.32 Å². The number of aliphatic carboxylic acids is 1. The lowest BCUT2D eigenvalue weighted by Crippen LogP contribution is -2.29. The third kappa shape index (κ3) is 3.49. The van der Waals surface area contributed by atoms with Crippen molar-refractivity contribution in [3.63, 3.8) is 0 Å². The summed E-state index contributed by atoms with van der Waals surface area (Å²) in [5, 5.41) is 11.4. The van der Waals surface area contributed by atoms with Gasteiger partial charge in [-0.3, -0.25) is 0 Å². The Kier molecular flexibility index (Phi) is 3.96. The Morgan fingerprint density at radius 1 is 1.60 bits per heavy atom. The third-order valence-corrected chi connectivity index (χ3v) is 1.80. The molecule has 0 amide bonds. The zero-order chi connectivity index (χ0) is 11.3. The van der Waals surface area contributed by atoms with Gasteiger partial charge in [-0.05, 0) is 6.42 Å². The van der Waals surface area contributed by atoms with Crippen LogP contribution in [-0.4, -0.2) is 27.1 Å². The molecule has 0 aliphatic heterocycles. The van der Waals surface area contributed by atoms with E-state index in [0.717, 1.165) is 18.8 Å². The smallest absolute Gasteiger partial charge is 0.326 e. The molecule has 0 saturated heterocycles. The second kappa shape index (κ2) is 5.23. The summed E-state index contributed by atoms with van der Waals surface area (Å²) in [5.74, 6) is -1.40. The Labute approximate surface area is 86.4 Å². The van der Waals surface area contributed by atoms with Crippen LogP contribution in [0.2, 0.25) is 0 Å². The molecule has 0 aromatic carbocycles. The predicted molar refractivity (Wildman–Crippen MR) is 51.9 cm³/mol. The molecular formula is C9H12FN3O2. The number of nitrogens with one attached hydrogen (secondary N) is 1. The molecule has 0 bridgehead atoms. The second-order valence-corrected chi connectivity index (χ2v) is 3.05. The molecule has 1 rings (SSSR count). The quantitative estimate of drug-likeness (QED) is 0.770. The van der Waals surface area contributed by atoms with Gasteiger partial charge in [0, 0.05) is 0 Å². The van der Waals surface area contributed by atoms with Crippen LogP contribution in [0.25, 0.3) is 0 Å². The highest BCUT2D eigenvalue weighted by molar-refractivity contribution is 5.76. The first-order chi connectivity index (χ1) is 7.13. The normalized spacial score (nSPS) is 12.1. The molecule has 1 heterocycles. The largest absolute Gasteiger partial charge is 0.480 e. The summed E-state index contributed by atoms with van der Waals surface area (Å²) in [4.78, 5) is 18.0. The van der Waals surface area contributed by atoms with Gasteiger partial charge >= 0.3 is 5.97 Å². The van der Waals surface area contributed by atoms with Crippen molar-refractivity contribution < 1.29 is 14.3 Å². The van der Waals surface area contributed by atoms with Crippen molar-refractivity contribution in [2.45, 2.75) is 25.8 Å². The van der Waals surface area contributed by atoms with Gasteiger partial charge in [0.15, 0.2) is 5.82 Å². The number of carboxylic acid groups (broad SMARTS) is 1. The summed E-state index contributed by atoms with van der Waals surface area (Å²) >= 11 is 0. The summed E-state index contributed by atoms with van der Waals surface area (Å²) < 4.78 is 12.5. The highest BCUT2D eigenvalue weighted by Crippen LogP contribution is 2.05. The van der Waals surface area contributed by atoms with Crippen molar-refractivity contribution in [1.29, 1.82) is 0 Å². The fourth-order valence-corrected chi connectivity index (χ4v) is 1.09. The minimum atomic E-state index is -0.968. The van der Waals surface area contributed by atoms with E-state index in [1.165, 1.54) is 0 Å². The molecule has 0 aliphatic rings. The molecule has 82 valence electrons. The van der Waals surface area contributed by atoms with Crippen LogP contribution >= 0.6 is 0 Å². The van der Waals surface area contributed by atoms with Gasteiger partial charge in [0.2, 0.25) is 5.95 Å². The van der Waals surface area contributed by atoms with Crippen molar-refractivity contribution in [3.05, 3.63) is 18.2 Å². The molecule has 0 radical (unpaired) electrons. The van der Waals surface area contributed by atoms with E-state index in [2.05, 4.69) is 15.3 Å². The molecule has 1 atom stereocenters.